The maximum absolute atomic E-state index is 12.4. The van der Waals surface area contributed by atoms with Crippen molar-refractivity contribution in [3.8, 4) is 0 Å². The molecule has 0 aromatic carbocycles. The summed E-state index contributed by atoms with van der Waals surface area (Å²) in [6, 6.07) is 5.32. The molecule has 0 saturated heterocycles. The van der Waals surface area contributed by atoms with Gasteiger partial charge in [0.05, 0.1) is 0 Å². The van der Waals surface area contributed by atoms with Gasteiger partial charge in [-0.05, 0) is 56.5 Å². The SMILES string of the molecule is Cc1nc(C(=O)c2ccccn2)c(C)c(C)c1C. The van der Waals surface area contributed by atoms with Crippen molar-refractivity contribution >= 4 is 5.78 Å². The maximum Gasteiger partial charge on any atom is 0.229 e. The van der Waals surface area contributed by atoms with E-state index in [0.717, 1.165) is 22.4 Å². The summed E-state index contributed by atoms with van der Waals surface area (Å²) in [5.74, 6) is -0.112. The normalized spacial score (nSPS) is 10.4. The van der Waals surface area contributed by atoms with Crippen molar-refractivity contribution in [2.24, 2.45) is 0 Å². The van der Waals surface area contributed by atoms with Gasteiger partial charge >= 0.3 is 0 Å². The van der Waals surface area contributed by atoms with Crippen LogP contribution in [0.25, 0.3) is 0 Å². The van der Waals surface area contributed by atoms with Crippen molar-refractivity contribution < 1.29 is 4.79 Å². The molecule has 2 aromatic rings. The van der Waals surface area contributed by atoms with E-state index in [-0.39, 0.29) is 5.78 Å². The van der Waals surface area contributed by atoms with Crippen molar-refractivity contribution in [2.75, 3.05) is 0 Å². The summed E-state index contributed by atoms with van der Waals surface area (Å²) in [6.45, 7) is 7.91. The fourth-order valence-corrected chi connectivity index (χ4v) is 1.91. The first-order chi connectivity index (χ1) is 8.52. The summed E-state index contributed by atoms with van der Waals surface area (Å²) in [6.07, 6.45) is 1.62. The van der Waals surface area contributed by atoms with Crippen LogP contribution in [0.5, 0.6) is 0 Å². The number of aromatic nitrogens is 2. The number of pyridine rings is 2. The first-order valence-corrected chi connectivity index (χ1v) is 5.92. The number of hydrogen-bond acceptors (Lipinski definition) is 3. The third-order valence-corrected chi connectivity index (χ3v) is 3.42. The Kier molecular flexibility index (Phi) is 3.24. The lowest BCUT2D eigenvalue weighted by Gasteiger charge is -2.12. The summed E-state index contributed by atoms with van der Waals surface area (Å²) < 4.78 is 0. The van der Waals surface area contributed by atoms with Gasteiger partial charge in [0, 0.05) is 11.9 Å². The molecule has 3 heteroatoms. The molecule has 0 aliphatic heterocycles. The van der Waals surface area contributed by atoms with E-state index in [1.165, 1.54) is 0 Å². The lowest BCUT2D eigenvalue weighted by Crippen LogP contribution is -2.11. The highest BCUT2D eigenvalue weighted by Crippen LogP contribution is 2.19. The van der Waals surface area contributed by atoms with Gasteiger partial charge in [-0.25, -0.2) is 4.98 Å². The Morgan fingerprint density at radius 3 is 2.33 bits per heavy atom. The number of hydrogen-bond donors (Lipinski definition) is 0. The van der Waals surface area contributed by atoms with E-state index in [1.807, 2.05) is 33.8 Å². The minimum Gasteiger partial charge on any atom is -0.285 e. The zero-order chi connectivity index (χ0) is 13.3. The number of carbonyl (C=O) groups is 1. The monoisotopic (exact) mass is 240 g/mol. The molecular weight excluding hydrogens is 224 g/mol. The zero-order valence-corrected chi connectivity index (χ0v) is 11.1. The predicted octanol–water partition coefficient (Wildman–Crippen LogP) is 2.94. The van der Waals surface area contributed by atoms with Gasteiger partial charge in [0.15, 0.2) is 0 Å². The average Bonchev–Trinajstić information content (AvgIpc) is 2.41. The summed E-state index contributed by atoms with van der Waals surface area (Å²) in [7, 11) is 0. The molecule has 2 rings (SSSR count). The number of nitrogens with zero attached hydrogens (tertiary/aromatic N) is 2. The Hall–Kier alpha value is -2.03. The van der Waals surface area contributed by atoms with E-state index in [4.69, 9.17) is 0 Å². The van der Waals surface area contributed by atoms with Crippen LogP contribution < -0.4 is 0 Å². The Labute approximate surface area is 107 Å². The molecule has 92 valence electrons. The Balaban J connectivity index is 2.56. The molecule has 3 nitrogen and oxygen atoms in total. The molecular formula is C15H16N2O. The zero-order valence-electron chi connectivity index (χ0n) is 11.1. The topological polar surface area (TPSA) is 42.9 Å². The van der Waals surface area contributed by atoms with Crippen molar-refractivity contribution in [1.82, 2.24) is 9.97 Å². The molecule has 0 radical (unpaired) electrons. The largest absolute Gasteiger partial charge is 0.285 e. The molecule has 0 amide bonds. The minimum atomic E-state index is -0.112. The maximum atomic E-state index is 12.4. The molecule has 0 aliphatic rings. The fraction of sp³-hybridized carbons (Fsp3) is 0.267. The number of aryl methyl sites for hydroxylation is 1. The van der Waals surface area contributed by atoms with Gasteiger partial charge in [0.25, 0.3) is 0 Å². The summed E-state index contributed by atoms with van der Waals surface area (Å²) in [4.78, 5) is 20.9. The Morgan fingerprint density at radius 2 is 1.72 bits per heavy atom. The van der Waals surface area contributed by atoms with Gasteiger partial charge in [-0.2, -0.15) is 0 Å². The van der Waals surface area contributed by atoms with Gasteiger partial charge in [0.2, 0.25) is 5.78 Å². The number of rotatable bonds is 2. The molecule has 0 bridgehead atoms. The van der Waals surface area contributed by atoms with Crippen LogP contribution in [-0.2, 0) is 0 Å². The molecule has 0 aliphatic carbocycles. The minimum absolute atomic E-state index is 0.112. The standard InChI is InChI=1S/C15H16N2O/c1-9-10(2)12(4)17-14(11(9)3)15(18)13-7-5-6-8-16-13/h5-8H,1-4H3. The summed E-state index contributed by atoms with van der Waals surface area (Å²) in [5, 5.41) is 0. The third-order valence-electron chi connectivity index (χ3n) is 3.42. The number of ketones is 1. The van der Waals surface area contributed by atoms with Crippen LogP contribution in [0.2, 0.25) is 0 Å². The molecule has 0 fully saturated rings. The molecule has 0 saturated carbocycles. The van der Waals surface area contributed by atoms with Gasteiger partial charge in [-0.3, -0.25) is 9.78 Å². The van der Waals surface area contributed by atoms with E-state index in [9.17, 15) is 4.79 Å². The van der Waals surface area contributed by atoms with Crippen molar-refractivity contribution in [3.63, 3.8) is 0 Å². The highest BCUT2D eigenvalue weighted by Gasteiger charge is 2.17. The molecule has 0 unspecified atom stereocenters. The molecule has 2 aromatic heterocycles. The fourth-order valence-electron chi connectivity index (χ4n) is 1.91. The predicted molar refractivity (Wildman–Crippen MR) is 70.9 cm³/mol. The Morgan fingerprint density at radius 1 is 1.00 bits per heavy atom. The first-order valence-electron chi connectivity index (χ1n) is 5.92. The van der Waals surface area contributed by atoms with Crippen LogP contribution in [0.3, 0.4) is 0 Å². The second-order valence-electron chi connectivity index (χ2n) is 4.46. The Bertz CT molecular complexity index is 604. The van der Waals surface area contributed by atoms with Gasteiger partial charge in [0.1, 0.15) is 11.4 Å². The van der Waals surface area contributed by atoms with Crippen LogP contribution in [0, 0.1) is 27.7 Å². The summed E-state index contributed by atoms with van der Waals surface area (Å²) >= 11 is 0. The average molecular weight is 240 g/mol. The smallest absolute Gasteiger partial charge is 0.229 e. The lowest BCUT2D eigenvalue weighted by atomic mass is 9.99. The quantitative estimate of drug-likeness (QED) is 0.758. The lowest BCUT2D eigenvalue weighted by molar-refractivity contribution is 0.102. The molecule has 0 atom stereocenters. The van der Waals surface area contributed by atoms with Crippen molar-refractivity contribution in [2.45, 2.75) is 27.7 Å². The molecule has 0 spiro atoms. The van der Waals surface area contributed by atoms with Gasteiger partial charge in [-0.1, -0.05) is 6.07 Å². The third kappa shape index (κ3) is 2.04. The van der Waals surface area contributed by atoms with Crippen molar-refractivity contribution in [1.29, 1.82) is 0 Å². The van der Waals surface area contributed by atoms with E-state index in [1.54, 1.807) is 18.3 Å². The van der Waals surface area contributed by atoms with Crippen LogP contribution in [-0.4, -0.2) is 15.8 Å². The van der Waals surface area contributed by atoms with Crippen LogP contribution in [0.4, 0.5) is 0 Å². The summed E-state index contributed by atoms with van der Waals surface area (Å²) in [5.41, 5.74) is 5.06. The van der Waals surface area contributed by atoms with Gasteiger partial charge in [-0.15, -0.1) is 0 Å². The van der Waals surface area contributed by atoms with Gasteiger partial charge < -0.3 is 0 Å². The van der Waals surface area contributed by atoms with E-state index in [2.05, 4.69) is 9.97 Å². The second-order valence-corrected chi connectivity index (χ2v) is 4.46. The van der Waals surface area contributed by atoms with Crippen molar-refractivity contribution in [3.05, 3.63) is 58.2 Å². The van der Waals surface area contributed by atoms with E-state index < -0.39 is 0 Å². The van der Waals surface area contributed by atoms with E-state index >= 15 is 0 Å². The van der Waals surface area contributed by atoms with Crippen LogP contribution in [0.15, 0.2) is 24.4 Å². The highest BCUT2D eigenvalue weighted by molar-refractivity contribution is 6.07. The second kappa shape index (κ2) is 4.69. The number of carbonyl (C=O) groups excluding carboxylic acids is 1. The molecule has 0 N–H and O–H groups in total. The van der Waals surface area contributed by atoms with E-state index in [0.29, 0.717) is 11.4 Å². The van der Waals surface area contributed by atoms with Crippen LogP contribution in [0.1, 0.15) is 38.6 Å². The highest BCUT2D eigenvalue weighted by atomic mass is 16.1. The van der Waals surface area contributed by atoms with Crippen LogP contribution >= 0.6 is 0 Å². The first kappa shape index (κ1) is 12.4. The molecule has 2 heterocycles. The molecule has 18 heavy (non-hydrogen) atoms.